The van der Waals surface area contributed by atoms with Crippen molar-refractivity contribution >= 4 is 23.5 Å². The molecule has 22 heavy (non-hydrogen) atoms. The molecule has 2 N–H and O–H groups in total. The third-order valence-electron chi connectivity index (χ3n) is 3.80. The predicted octanol–water partition coefficient (Wildman–Crippen LogP) is 3.52. The van der Waals surface area contributed by atoms with E-state index in [1.165, 1.54) is 11.8 Å². The van der Waals surface area contributed by atoms with Crippen LogP contribution in [0.2, 0.25) is 0 Å². The molecule has 1 unspecified atom stereocenters. The number of allylic oxidation sites excluding steroid dienone is 2. The summed E-state index contributed by atoms with van der Waals surface area (Å²) in [5.74, 6) is -0.419. The minimum atomic E-state index is -0.970. The van der Waals surface area contributed by atoms with Gasteiger partial charge in [-0.15, -0.1) is 11.8 Å². The van der Waals surface area contributed by atoms with Gasteiger partial charge in [-0.3, -0.25) is 0 Å². The third kappa shape index (κ3) is 2.70. The average molecular weight is 319 g/mol. The van der Waals surface area contributed by atoms with Gasteiger partial charge < -0.3 is 10.4 Å². The van der Waals surface area contributed by atoms with Crippen molar-refractivity contribution in [2.45, 2.75) is 36.9 Å². The van der Waals surface area contributed by atoms with Crippen molar-refractivity contribution in [1.29, 1.82) is 0 Å². The molecule has 0 radical (unpaired) electrons. The van der Waals surface area contributed by atoms with E-state index in [1.54, 1.807) is 16.8 Å². The van der Waals surface area contributed by atoms with Crippen LogP contribution in [-0.4, -0.2) is 33.2 Å². The van der Waals surface area contributed by atoms with E-state index >= 15 is 0 Å². The van der Waals surface area contributed by atoms with E-state index < -0.39 is 5.97 Å². The normalized spacial score (nSPS) is 20.0. The molecule has 1 aromatic rings. The highest BCUT2D eigenvalue weighted by Crippen LogP contribution is 2.39. The molecule has 2 heterocycles. The van der Waals surface area contributed by atoms with Crippen molar-refractivity contribution in [1.82, 2.24) is 9.78 Å². The van der Waals surface area contributed by atoms with Gasteiger partial charge in [0.25, 0.3) is 0 Å². The maximum atomic E-state index is 11.6. The molecule has 118 valence electrons. The zero-order valence-electron chi connectivity index (χ0n) is 13.1. The van der Waals surface area contributed by atoms with Gasteiger partial charge >= 0.3 is 5.97 Å². The maximum absolute atomic E-state index is 11.6. The van der Waals surface area contributed by atoms with Crippen LogP contribution in [0.5, 0.6) is 0 Å². The molecule has 5 nitrogen and oxygen atoms in total. The Morgan fingerprint density at radius 3 is 2.73 bits per heavy atom. The van der Waals surface area contributed by atoms with Crippen molar-refractivity contribution in [3.63, 3.8) is 0 Å². The fraction of sp³-hybridized carbons (Fsp3) is 0.375. The summed E-state index contributed by atoms with van der Waals surface area (Å²) < 4.78 is 1.79. The topological polar surface area (TPSA) is 67.2 Å². The van der Waals surface area contributed by atoms with Gasteiger partial charge in [-0.1, -0.05) is 31.4 Å². The number of carbonyl (C=O) groups is 1. The summed E-state index contributed by atoms with van der Waals surface area (Å²) in [6.45, 7) is 11.7. The van der Waals surface area contributed by atoms with Gasteiger partial charge in [0.2, 0.25) is 0 Å². The van der Waals surface area contributed by atoms with Crippen molar-refractivity contribution in [2.24, 2.45) is 0 Å². The van der Waals surface area contributed by atoms with E-state index in [0.717, 1.165) is 12.0 Å². The molecule has 6 heteroatoms. The second-order valence-corrected chi connectivity index (χ2v) is 6.56. The Morgan fingerprint density at radius 2 is 2.23 bits per heavy atom. The van der Waals surface area contributed by atoms with Crippen molar-refractivity contribution in [2.75, 3.05) is 11.6 Å². The number of nitrogens with zero attached hydrogens (tertiary/aromatic N) is 2. The van der Waals surface area contributed by atoms with Gasteiger partial charge in [0.05, 0.1) is 11.6 Å². The highest BCUT2D eigenvalue weighted by molar-refractivity contribution is 7.98. The van der Waals surface area contributed by atoms with Crippen molar-refractivity contribution in [3.05, 3.63) is 42.5 Å². The highest BCUT2D eigenvalue weighted by Gasteiger charge is 2.38. The number of thioether (sulfide) groups is 1. The van der Waals surface area contributed by atoms with Crippen LogP contribution in [0, 0.1) is 0 Å². The Labute approximate surface area is 134 Å². The molecule has 0 saturated carbocycles. The van der Waals surface area contributed by atoms with Gasteiger partial charge in [-0.05, 0) is 32.1 Å². The molecule has 1 aliphatic heterocycles. The number of fused-ring (bicyclic) bond motifs is 1. The quantitative estimate of drug-likeness (QED) is 0.642. The van der Waals surface area contributed by atoms with E-state index in [1.807, 2.05) is 12.3 Å². The lowest BCUT2D eigenvalue weighted by atomic mass is 9.88. The van der Waals surface area contributed by atoms with Crippen LogP contribution in [-0.2, 0) is 5.54 Å². The molecule has 0 aliphatic carbocycles. The van der Waals surface area contributed by atoms with Gasteiger partial charge in [-0.25, -0.2) is 9.48 Å². The molecule has 0 fully saturated rings. The smallest absolute Gasteiger partial charge is 0.342 e. The summed E-state index contributed by atoms with van der Waals surface area (Å²) in [7, 11) is 0. The summed E-state index contributed by atoms with van der Waals surface area (Å²) in [6.07, 6.45) is 7.99. The second kappa shape index (κ2) is 6.04. The van der Waals surface area contributed by atoms with Gasteiger partial charge in [0.15, 0.2) is 0 Å². The number of hydrogen-bond donors (Lipinski definition) is 2. The SMILES string of the molecule is C=C/C=C(\C=C)C1CC(C)(C)n2nc(SC)c(C(=O)O)c2N1. The van der Waals surface area contributed by atoms with E-state index in [9.17, 15) is 9.90 Å². The van der Waals surface area contributed by atoms with Gasteiger partial charge in [-0.2, -0.15) is 5.10 Å². The largest absolute Gasteiger partial charge is 0.477 e. The van der Waals surface area contributed by atoms with E-state index in [-0.39, 0.29) is 17.1 Å². The first kappa shape index (κ1) is 16.4. The average Bonchev–Trinajstić information content (AvgIpc) is 2.83. The summed E-state index contributed by atoms with van der Waals surface area (Å²) in [5, 5.41) is 17.9. The number of nitrogens with one attached hydrogen (secondary N) is 1. The monoisotopic (exact) mass is 319 g/mol. The van der Waals surface area contributed by atoms with E-state index in [2.05, 4.69) is 37.4 Å². The van der Waals surface area contributed by atoms with Crippen molar-refractivity contribution < 1.29 is 9.90 Å². The molecular weight excluding hydrogens is 298 g/mol. The number of rotatable bonds is 5. The summed E-state index contributed by atoms with van der Waals surface area (Å²) in [6, 6.07) is -0.0255. The standard InChI is InChI=1S/C16H21N3O2S/c1-6-8-10(7-2)11-9-16(3,4)19-13(17-11)12(15(20)21)14(18-19)22-5/h6-8,11,17H,1-2,9H2,3-5H3,(H,20,21)/b10-8+. The van der Waals surface area contributed by atoms with E-state index in [0.29, 0.717) is 10.8 Å². The highest BCUT2D eigenvalue weighted by atomic mass is 32.2. The Bertz CT molecular complexity index is 659. The molecule has 0 bridgehead atoms. The Kier molecular flexibility index (Phi) is 4.51. The zero-order chi connectivity index (χ0) is 16.5. The molecule has 1 aromatic heterocycles. The van der Waals surface area contributed by atoms with Crippen LogP contribution in [0.1, 0.15) is 30.6 Å². The number of anilines is 1. The Balaban J connectivity index is 2.59. The van der Waals surface area contributed by atoms with Crippen LogP contribution in [0.15, 0.2) is 42.0 Å². The van der Waals surface area contributed by atoms with Gasteiger partial charge in [0.1, 0.15) is 16.4 Å². The molecule has 2 rings (SSSR count). The fourth-order valence-corrected chi connectivity index (χ4v) is 3.32. The first-order valence-corrected chi connectivity index (χ1v) is 8.20. The Hall–Kier alpha value is -1.95. The lowest BCUT2D eigenvalue weighted by molar-refractivity contribution is 0.0694. The molecule has 0 aromatic carbocycles. The molecular formula is C16H21N3O2S. The summed E-state index contributed by atoms with van der Waals surface area (Å²) in [4.78, 5) is 11.6. The number of hydrogen-bond acceptors (Lipinski definition) is 4. The third-order valence-corrected chi connectivity index (χ3v) is 4.47. The molecule has 1 aliphatic rings. The number of aromatic nitrogens is 2. The summed E-state index contributed by atoms with van der Waals surface area (Å²) >= 11 is 1.34. The van der Waals surface area contributed by atoms with Crippen LogP contribution in [0.3, 0.4) is 0 Å². The first-order chi connectivity index (χ1) is 10.4. The van der Waals surface area contributed by atoms with Crippen LogP contribution in [0.4, 0.5) is 5.82 Å². The number of carboxylic acids is 1. The molecule has 0 saturated heterocycles. The Morgan fingerprint density at radius 1 is 1.55 bits per heavy atom. The predicted molar refractivity (Wildman–Crippen MR) is 90.8 cm³/mol. The fourth-order valence-electron chi connectivity index (χ4n) is 2.77. The number of carboxylic acid groups (broad SMARTS) is 1. The van der Waals surface area contributed by atoms with E-state index in [4.69, 9.17) is 0 Å². The minimum Gasteiger partial charge on any atom is -0.477 e. The number of aromatic carboxylic acids is 1. The van der Waals surface area contributed by atoms with Crippen LogP contribution >= 0.6 is 11.8 Å². The molecule has 1 atom stereocenters. The summed E-state index contributed by atoms with van der Waals surface area (Å²) in [5.41, 5.74) is 0.914. The van der Waals surface area contributed by atoms with Crippen molar-refractivity contribution in [3.8, 4) is 0 Å². The lowest BCUT2D eigenvalue weighted by Gasteiger charge is -2.38. The molecule has 0 spiro atoms. The first-order valence-electron chi connectivity index (χ1n) is 6.98. The van der Waals surface area contributed by atoms with Crippen LogP contribution < -0.4 is 5.32 Å². The minimum absolute atomic E-state index is 0.0255. The second-order valence-electron chi connectivity index (χ2n) is 5.77. The zero-order valence-corrected chi connectivity index (χ0v) is 13.9. The van der Waals surface area contributed by atoms with Gasteiger partial charge in [0, 0.05) is 0 Å². The van der Waals surface area contributed by atoms with Crippen LogP contribution in [0.25, 0.3) is 0 Å². The molecule has 0 amide bonds. The lowest BCUT2D eigenvalue weighted by Crippen LogP contribution is -2.42. The maximum Gasteiger partial charge on any atom is 0.342 e.